The first kappa shape index (κ1) is 11.2. The van der Waals surface area contributed by atoms with Crippen LogP contribution in [0.4, 0.5) is 11.9 Å². The maximum atomic E-state index is 5.45. The number of H-pyrrole nitrogens is 1. The van der Waals surface area contributed by atoms with Crippen molar-refractivity contribution in [2.75, 3.05) is 17.6 Å². The van der Waals surface area contributed by atoms with Gasteiger partial charge in [0, 0.05) is 6.54 Å². The van der Waals surface area contributed by atoms with Gasteiger partial charge >= 0.3 is 0 Å². The van der Waals surface area contributed by atoms with Gasteiger partial charge < -0.3 is 11.1 Å². The quantitative estimate of drug-likeness (QED) is 0.729. The van der Waals surface area contributed by atoms with Gasteiger partial charge in [0.2, 0.25) is 11.9 Å². The van der Waals surface area contributed by atoms with E-state index in [0.717, 1.165) is 18.4 Å². The molecule has 0 aliphatic heterocycles. The number of rotatable bonds is 4. The van der Waals surface area contributed by atoms with E-state index in [9.17, 15) is 0 Å². The Labute approximate surface area is 96.2 Å². The van der Waals surface area contributed by atoms with Gasteiger partial charge in [-0.05, 0) is 24.7 Å². The van der Waals surface area contributed by atoms with Gasteiger partial charge in [-0.3, -0.25) is 0 Å². The fourth-order valence-electron chi connectivity index (χ4n) is 2.43. The molecule has 1 aromatic heterocycles. The smallest absolute Gasteiger partial charge is 0.243 e. The molecule has 0 unspecified atom stereocenters. The minimum Gasteiger partial charge on any atom is -0.368 e. The molecule has 0 aromatic carbocycles. The molecule has 1 aromatic rings. The minimum absolute atomic E-state index is 0.372. The van der Waals surface area contributed by atoms with E-state index >= 15 is 0 Å². The second-order valence-corrected chi connectivity index (χ2v) is 4.72. The van der Waals surface area contributed by atoms with Crippen molar-refractivity contribution in [3.8, 4) is 0 Å². The largest absolute Gasteiger partial charge is 0.368 e. The highest BCUT2D eigenvalue weighted by Gasteiger charge is 2.19. The van der Waals surface area contributed by atoms with Crippen LogP contribution in [0.15, 0.2) is 0 Å². The van der Waals surface area contributed by atoms with Crippen molar-refractivity contribution in [3.05, 3.63) is 0 Å². The topological polar surface area (TPSA) is 79.6 Å². The lowest BCUT2D eigenvalue weighted by Crippen LogP contribution is -2.21. The second-order valence-electron chi connectivity index (χ2n) is 4.72. The fourth-order valence-corrected chi connectivity index (χ4v) is 2.43. The number of aromatic nitrogens is 3. The van der Waals surface area contributed by atoms with E-state index in [4.69, 9.17) is 5.73 Å². The lowest BCUT2D eigenvalue weighted by atomic mass is 9.81. The van der Waals surface area contributed by atoms with Crippen molar-refractivity contribution in [3.63, 3.8) is 0 Å². The van der Waals surface area contributed by atoms with Crippen molar-refractivity contribution >= 4 is 11.9 Å². The van der Waals surface area contributed by atoms with Crippen LogP contribution in [0.3, 0.4) is 0 Å². The Kier molecular flexibility index (Phi) is 3.64. The summed E-state index contributed by atoms with van der Waals surface area (Å²) in [6, 6.07) is 0. The third-order valence-electron chi connectivity index (χ3n) is 3.60. The molecule has 1 aliphatic rings. The second kappa shape index (κ2) is 5.18. The zero-order chi connectivity index (χ0) is 11.4. The molecule has 5 heteroatoms. The molecular formula is C11H21N5. The Hall–Kier alpha value is -1.26. The van der Waals surface area contributed by atoms with Crippen molar-refractivity contribution in [1.29, 1.82) is 0 Å². The van der Waals surface area contributed by atoms with Crippen LogP contribution in [0.25, 0.3) is 0 Å². The van der Waals surface area contributed by atoms with Crippen molar-refractivity contribution in [2.24, 2.45) is 11.8 Å². The van der Waals surface area contributed by atoms with E-state index in [1.807, 2.05) is 0 Å². The maximum Gasteiger partial charge on any atom is 0.243 e. The molecule has 0 radical (unpaired) electrons. The Morgan fingerprint density at radius 1 is 1.31 bits per heavy atom. The molecule has 0 spiro atoms. The van der Waals surface area contributed by atoms with Gasteiger partial charge in [-0.15, -0.1) is 5.10 Å². The number of anilines is 2. The van der Waals surface area contributed by atoms with Crippen LogP contribution in [0.5, 0.6) is 0 Å². The van der Waals surface area contributed by atoms with E-state index in [2.05, 4.69) is 27.4 Å². The highest BCUT2D eigenvalue weighted by molar-refractivity contribution is 5.29. The van der Waals surface area contributed by atoms with Crippen LogP contribution in [0.2, 0.25) is 0 Å². The van der Waals surface area contributed by atoms with E-state index in [1.54, 1.807) is 0 Å². The van der Waals surface area contributed by atoms with Gasteiger partial charge in [-0.1, -0.05) is 26.2 Å². The SMILES string of the molecule is CCC1CCC(CNc2n[nH]c(N)n2)CC1. The third kappa shape index (κ3) is 2.87. The molecular weight excluding hydrogens is 202 g/mol. The first-order chi connectivity index (χ1) is 7.78. The average molecular weight is 223 g/mol. The molecule has 0 bridgehead atoms. The van der Waals surface area contributed by atoms with Crippen molar-refractivity contribution in [1.82, 2.24) is 15.2 Å². The normalized spacial score (nSPS) is 25.6. The zero-order valence-electron chi connectivity index (χ0n) is 9.87. The molecule has 0 saturated heterocycles. The van der Waals surface area contributed by atoms with Crippen LogP contribution in [0.1, 0.15) is 39.0 Å². The highest BCUT2D eigenvalue weighted by atomic mass is 15.3. The van der Waals surface area contributed by atoms with E-state index in [1.165, 1.54) is 32.1 Å². The van der Waals surface area contributed by atoms with E-state index in [-0.39, 0.29) is 0 Å². The summed E-state index contributed by atoms with van der Waals surface area (Å²) in [5.41, 5.74) is 5.45. The first-order valence-corrected chi connectivity index (χ1v) is 6.19. The number of nitrogens with one attached hydrogen (secondary N) is 2. The summed E-state index contributed by atoms with van der Waals surface area (Å²) in [4.78, 5) is 4.03. The fraction of sp³-hybridized carbons (Fsp3) is 0.818. The summed E-state index contributed by atoms with van der Waals surface area (Å²) in [6.07, 6.45) is 6.73. The van der Waals surface area contributed by atoms with Gasteiger partial charge in [0.05, 0.1) is 0 Å². The van der Waals surface area contributed by atoms with Crippen molar-refractivity contribution < 1.29 is 0 Å². The number of hydrogen-bond donors (Lipinski definition) is 3. The monoisotopic (exact) mass is 223 g/mol. The number of aromatic amines is 1. The molecule has 1 fully saturated rings. The molecule has 4 N–H and O–H groups in total. The molecule has 1 heterocycles. The van der Waals surface area contributed by atoms with Gasteiger partial charge in [-0.25, -0.2) is 5.10 Å². The van der Waals surface area contributed by atoms with Crippen molar-refractivity contribution in [2.45, 2.75) is 39.0 Å². The number of nitrogen functional groups attached to an aromatic ring is 1. The molecule has 5 nitrogen and oxygen atoms in total. The minimum atomic E-state index is 0.372. The van der Waals surface area contributed by atoms with Gasteiger partial charge in [-0.2, -0.15) is 4.98 Å². The molecule has 16 heavy (non-hydrogen) atoms. The van der Waals surface area contributed by atoms with Gasteiger partial charge in [0.15, 0.2) is 0 Å². The highest BCUT2D eigenvalue weighted by Crippen LogP contribution is 2.30. The van der Waals surface area contributed by atoms with Gasteiger partial charge in [0.25, 0.3) is 0 Å². The number of nitrogens with zero attached hydrogens (tertiary/aromatic N) is 2. The molecule has 0 amide bonds. The van der Waals surface area contributed by atoms with E-state index in [0.29, 0.717) is 11.9 Å². The summed E-state index contributed by atoms with van der Waals surface area (Å²) < 4.78 is 0. The molecule has 0 atom stereocenters. The van der Waals surface area contributed by atoms with Crippen LogP contribution in [0, 0.1) is 11.8 Å². The molecule has 1 aliphatic carbocycles. The lowest BCUT2D eigenvalue weighted by molar-refractivity contribution is 0.278. The first-order valence-electron chi connectivity index (χ1n) is 6.19. The third-order valence-corrected chi connectivity index (χ3v) is 3.60. The Balaban J connectivity index is 1.71. The van der Waals surface area contributed by atoms with Crippen LogP contribution in [-0.4, -0.2) is 21.7 Å². The summed E-state index contributed by atoms with van der Waals surface area (Å²) in [7, 11) is 0. The summed E-state index contributed by atoms with van der Waals surface area (Å²) in [5, 5.41) is 9.82. The summed E-state index contributed by atoms with van der Waals surface area (Å²) in [6.45, 7) is 3.26. The van der Waals surface area contributed by atoms with Crippen LogP contribution >= 0.6 is 0 Å². The zero-order valence-corrected chi connectivity index (χ0v) is 9.87. The van der Waals surface area contributed by atoms with Crippen LogP contribution < -0.4 is 11.1 Å². The average Bonchev–Trinajstić information content (AvgIpc) is 2.73. The molecule has 1 saturated carbocycles. The number of hydrogen-bond acceptors (Lipinski definition) is 4. The van der Waals surface area contributed by atoms with Gasteiger partial charge in [0.1, 0.15) is 0 Å². The standard InChI is InChI=1S/C11H21N5/c1-2-8-3-5-9(6-4-8)7-13-11-14-10(12)15-16-11/h8-9H,2-7H2,1H3,(H4,12,13,14,15,16). The molecule has 2 rings (SSSR count). The Bertz CT molecular complexity index is 314. The number of nitrogens with two attached hydrogens (primary N) is 1. The Morgan fingerprint density at radius 3 is 2.56 bits per heavy atom. The van der Waals surface area contributed by atoms with E-state index < -0.39 is 0 Å². The Morgan fingerprint density at radius 2 is 2.00 bits per heavy atom. The lowest BCUT2D eigenvalue weighted by Gasteiger charge is -2.27. The maximum absolute atomic E-state index is 5.45. The predicted molar refractivity (Wildman–Crippen MR) is 65.0 cm³/mol. The summed E-state index contributed by atoms with van der Waals surface area (Å²) >= 11 is 0. The predicted octanol–water partition coefficient (Wildman–Crippen LogP) is 2.02. The summed E-state index contributed by atoms with van der Waals surface area (Å²) in [5.74, 6) is 2.71. The van der Waals surface area contributed by atoms with Crippen LogP contribution in [-0.2, 0) is 0 Å². The molecule has 90 valence electrons.